The van der Waals surface area contributed by atoms with E-state index in [2.05, 4.69) is 24.1 Å². The van der Waals surface area contributed by atoms with Gasteiger partial charge < -0.3 is 15.0 Å². The summed E-state index contributed by atoms with van der Waals surface area (Å²) in [4.78, 5) is 2.60. The Morgan fingerprint density at radius 3 is 2.93 bits per heavy atom. The minimum absolute atomic E-state index is 0.475. The van der Waals surface area contributed by atoms with E-state index in [1.807, 2.05) is 0 Å². The molecule has 3 unspecified atom stereocenters. The second-order valence-corrected chi connectivity index (χ2v) is 4.93. The van der Waals surface area contributed by atoms with Crippen LogP contribution in [-0.2, 0) is 4.74 Å². The number of nitrogens with zero attached hydrogens (tertiary/aromatic N) is 1. The third kappa shape index (κ3) is 2.92. The van der Waals surface area contributed by atoms with Crippen molar-refractivity contribution < 1.29 is 4.74 Å². The summed E-state index contributed by atoms with van der Waals surface area (Å²) >= 11 is 0. The average molecular weight is 212 g/mol. The number of nitrogens with one attached hydrogen (secondary N) is 1. The van der Waals surface area contributed by atoms with Crippen molar-refractivity contribution in [2.75, 3.05) is 32.8 Å². The first kappa shape index (κ1) is 11.4. The monoisotopic (exact) mass is 212 g/mol. The van der Waals surface area contributed by atoms with Crippen LogP contribution in [0.15, 0.2) is 0 Å². The molecule has 1 N–H and O–H groups in total. The SMILES string of the molecule is CCNC1CCN(CC2CCOC2C)C1. The van der Waals surface area contributed by atoms with E-state index in [9.17, 15) is 0 Å². The fourth-order valence-corrected chi connectivity index (χ4v) is 2.80. The normalized spacial score (nSPS) is 37.6. The average Bonchev–Trinajstić information content (AvgIpc) is 2.79. The van der Waals surface area contributed by atoms with Crippen LogP contribution >= 0.6 is 0 Å². The van der Waals surface area contributed by atoms with Gasteiger partial charge in [-0.15, -0.1) is 0 Å². The van der Waals surface area contributed by atoms with Crippen LogP contribution in [0.1, 0.15) is 26.7 Å². The minimum Gasteiger partial charge on any atom is -0.378 e. The lowest BCUT2D eigenvalue weighted by Gasteiger charge is -2.22. The van der Waals surface area contributed by atoms with Gasteiger partial charge in [-0.3, -0.25) is 0 Å². The van der Waals surface area contributed by atoms with Gasteiger partial charge in [0.2, 0.25) is 0 Å². The second kappa shape index (κ2) is 5.28. The highest BCUT2D eigenvalue weighted by molar-refractivity contribution is 4.84. The van der Waals surface area contributed by atoms with Crippen molar-refractivity contribution in [1.29, 1.82) is 0 Å². The van der Waals surface area contributed by atoms with Crippen LogP contribution in [0.2, 0.25) is 0 Å². The number of likely N-dealkylation sites (N-methyl/N-ethyl adjacent to an activating group) is 1. The lowest BCUT2D eigenvalue weighted by Crippen LogP contribution is -2.35. The summed E-state index contributed by atoms with van der Waals surface area (Å²) in [6.45, 7) is 10.2. The quantitative estimate of drug-likeness (QED) is 0.755. The first-order valence-corrected chi connectivity index (χ1v) is 6.37. The molecule has 2 heterocycles. The molecule has 3 nitrogen and oxygen atoms in total. The zero-order valence-corrected chi connectivity index (χ0v) is 10.0. The van der Waals surface area contributed by atoms with Crippen molar-refractivity contribution >= 4 is 0 Å². The van der Waals surface area contributed by atoms with Gasteiger partial charge in [-0.2, -0.15) is 0 Å². The molecule has 0 saturated carbocycles. The van der Waals surface area contributed by atoms with Crippen LogP contribution in [-0.4, -0.2) is 49.8 Å². The molecular formula is C12H24N2O. The van der Waals surface area contributed by atoms with Gasteiger partial charge in [0.25, 0.3) is 0 Å². The molecule has 0 radical (unpaired) electrons. The summed E-state index contributed by atoms with van der Waals surface area (Å²) in [5.41, 5.74) is 0. The van der Waals surface area contributed by atoms with Crippen molar-refractivity contribution in [3.63, 3.8) is 0 Å². The Balaban J connectivity index is 1.72. The van der Waals surface area contributed by atoms with Crippen molar-refractivity contribution in [3.05, 3.63) is 0 Å². The zero-order valence-electron chi connectivity index (χ0n) is 10.0. The Labute approximate surface area is 93.2 Å². The first-order valence-electron chi connectivity index (χ1n) is 6.37. The maximum atomic E-state index is 5.61. The summed E-state index contributed by atoms with van der Waals surface area (Å²) in [7, 11) is 0. The van der Waals surface area contributed by atoms with Crippen molar-refractivity contribution in [1.82, 2.24) is 10.2 Å². The molecule has 2 rings (SSSR count). The van der Waals surface area contributed by atoms with Crippen LogP contribution in [0.3, 0.4) is 0 Å². The van der Waals surface area contributed by atoms with Crippen molar-refractivity contribution in [2.45, 2.75) is 38.8 Å². The van der Waals surface area contributed by atoms with E-state index in [1.54, 1.807) is 0 Å². The highest BCUT2D eigenvalue weighted by Gasteiger charge is 2.29. The smallest absolute Gasteiger partial charge is 0.0588 e. The Morgan fingerprint density at radius 2 is 2.27 bits per heavy atom. The standard InChI is InChI=1S/C12H24N2O/c1-3-13-12-4-6-14(9-12)8-11-5-7-15-10(11)2/h10-13H,3-9H2,1-2H3. The Kier molecular flexibility index (Phi) is 4.00. The molecular weight excluding hydrogens is 188 g/mol. The zero-order chi connectivity index (χ0) is 10.7. The van der Waals surface area contributed by atoms with Gasteiger partial charge in [0, 0.05) is 25.7 Å². The summed E-state index contributed by atoms with van der Waals surface area (Å²) in [5, 5.41) is 3.54. The molecule has 0 aromatic rings. The molecule has 3 heteroatoms. The summed E-state index contributed by atoms with van der Waals surface area (Å²) in [6, 6.07) is 0.729. The maximum Gasteiger partial charge on any atom is 0.0588 e. The molecule has 88 valence electrons. The summed E-state index contributed by atoms with van der Waals surface area (Å²) < 4.78 is 5.61. The van der Waals surface area contributed by atoms with Gasteiger partial charge >= 0.3 is 0 Å². The van der Waals surface area contributed by atoms with Crippen LogP contribution in [0.25, 0.3) is 0 Å². The van der Waals surface area contributed by atoms with E-state index >= 15 is 0 Å². The van der Waals surface area contributed by atoms with Gasteiger partial charge in [-0.25, -0.2) is 0 Å². The van der Waals surface area contributed by atoms with Crippen molar-refractivity contribution in [2.24, 2.45) is 5.92 Å². The Morgan fingerprint density at radius 1 is 1.40 bits per heavy atom. The van der Waals surface area contributed by atoms with Crippen LogP contribution < -0.4 is 5.32 Å². The molecule has 0 aromatic carbocycles. The van der Waals surface area contributed by atoms with E-state index in [4.69, 9.17) is 4.74 Å². The number of hydrogen-bond acceptors (Lipinski definition) is 3. The molecule has 2 aliphatic heterocycles. The predicted octanol–water partition coefficient (Wildman–Crippen LogP) is 1.10. The minimum atomic E-state index is 0.475. The topological polar surface area (TPSA) is 24.5 Å². The molecule has 2 aliphatic rings. The molecule has 0 spiro atoms. The fraction of sp³-hybridized carbons (Fsp3) is 1.00. The van der Waals surface area contributed by atoms with Gasteiger partial charge in [0.15, 0.2) is 0 Å². The van der Waals surface area contributed by atoms with Gasteiger partial charge in [-0.05, 0) is 38.8 Å². The first-order chi connectivity index (χ1) is 7.29. The van der Waals surface area contributed by atoms with Crippen LogP contribution in [0.5, 0.6) is 0 Å². The fourth-order valence-electron chi connectivity index (χ4n) is 2.80. The van der Waals surface area contributed by atoms with Crippen molar-refractivity contribution in [3.8, 4) is 0 Å². The molecule has 0 aliphatic carbocycles. The van der Waals surface area contributed by atoms with Crippen LogP contribution in [0, 0.1) is 5.92 Å². The number of rotatable bonds is 4. The van der Waals surface area contributed by atoms with Gasteiger partial charge in [-0.1, -0.05) is 6.92 Å². The Hall–Kier alpha value is -0.120. The number of hydrogen-bond donors (Lipinski definition) is 1. The third-order valence-electron chi connectivity index (χ3n) is 3.79. The van der Waals surface area contributed by atoms with E-state index in [0.717, 1.165) is 25.1 Å². The molecule has 2 saturated heterocycles. The van der Waals surface area contributed by atoms with E-state index in [-0.39, 0.29) is 0 Å². The second-order valence-electron chi connectivity index (χ2n) is 4.93. The van der Waals surface area contributed by atoms with Gasteiger partial charge in [0.05, 0.1) is 6.10 Å². The Bertz CT molecular complexity index is 198. The molecule has 0 aromatic heterocycles. The molecule has 0 bridgehead atoms. The third-order valence-corrected chi connectivity index (χ3v) is 3.79. The molecule has 0 amide bonds. The maximum absolute atomic E-state index is 5.61. The lowest BCUT2D eigenvalue weighted by atomic mass is 10.0. The lowest BCUT2D eigenvalue weighted by molar-refractivity contribution is 0.0955. The van der Waals surface area contributed by atoms with E-state index in [0.29, 0.717) is 6.10 Å². The number of ether oxygens (including phenoxy) is 1. The number of likely N-dealkylation sites (tertiary alicyclic amines) is 1. The molecule has 3 atom stereocenters. The largest absolute Gasteiger partial charge is 0.378 e. The summed E-state index contributed by atoms with van der Waals surface area (Å²) in [5.74, 6) is 0.769. The van der Waals surface area contributed by atoms with Crippen LogP contribution in [0.4, 0.5) is 0 Å². The summed E-state index contributed by atoms with van der Waals surface area (Å²) in [6.07, 6.45) is 3.04. The highest BCUT2D eigenvalue weighted by Crippen LogP contribution is 2.23. The van der Waals surface area contributed by atoms with Gasteiger partial charge in [0.1, 0.15) is 0 Å². The highest BCUT2D eigenvalue weighted by atomic mass is 16.5. The van der Waals surface area contributed by atoms with E-state index in [1.165, 1.54) is 32.5 Å². The molecule has 2 fully saturated rings. The predicted molar refractivity (Wildman–Crippen MR) is 62.0 cm³/mol. The van der Waals surface area contributed by atoms with E-state index < -0.39 is 0 Å². The molecule has 15 heavy (non-hydrogen) atoms.